The highest BCUT2D eigenvalue weighted by Crippen LogP contribution is 2.39. The highest BCUT2D eigenvalue weighted by Gasteiger charge is 2.28. The third-order valence-electron chi connectivity index (χ3n) is 3.06. The van der Waals surface area contributed by atoms with Crippen LogP contribution >= 0.6 is 11.3 Å². The van der Waals surface area contributed by atoms with Crippen molar-refractivity contribution < 1.29 is 19.1 Å². The first kappa shape index (κ1) is 14.7. The number of rotatable bonds is 5. The van der Waals surface area contributed by atoms with Gasteiger partial charge in [-0.3, -0.25) is 9.59 Å². The zero-order valence-electron chi connectivity index (χ0n) is 11.6. The SMILES string of the molecule is CCOC(=O)c1c(NC(=O)CC(C)=O)sc2c1CCC2. The number of ketones is 1. The van der Waals surface area contributed by atoms with Crippen LogP contribution < -0.4 is 5.32 Å². The molecule has 0 aromatic carbocycles. The standard InChI is InChI=1S/C14H17NO4S/c1-3-19-14(18)12-9-5-4-6-10(9)20-13(12)15-11(17)7-8(2)16/h3-7H2,1-2H3,(H,15,17). The Labute approximate surface area is 121 Å². The molecule has 1 heterocycles. The summed E-state index contributed by atoms with van der Waals surface area (Å²) in [5.74, 6) is -0.989. The van der Waals surface area contributed by atoms with Crippen LogP contribution in [0.5, 0.6) is 0 Å². The molecule has 0 aliphatic heterocycles. The zero-order chi connectivity index (χ0) is 14.7. The van der Waals surface area contributed by atoms with Crippen LogP contribution in [0.4, 0.5) is 5.00 Å². The van der Waals surface area contributed by atoms with Crippen molar-refractivity contribution in [3.8, 4) is 0 Å². The lowest BCUT2D eigenvalue weighted by atomic mass is 10.1. The molecule has 108 valence electrons. The lowest BCUT2D eigenvalue weighted by Crippen LogP contribution is -2.17. The summed E-state index contributed by atoms with van der Waals surface area (Å²) in [6.07, 6.45) is 2.61. The van der Waals surface area contributed by atoms with Crippen molar-refractivity contribution in [3.05, 3.63) is 16.0 Å². The Morgan fingerprint density at radius 2 is 2.05 bits per heavy atom. The normalized spacial score (nSPS) is 12.9. The fraction of sp³-hybridized carbons (Fsp3) is 0.500. The number of Topliss-reactive ketones (excluding diaryl/α,β-unsaturated/α-hetero) is 1. The predicted molar refractivity (Wildman–Crippen MR) is 76.2 cm³/mol. The van der Waals surface area contributed by atoms with Crippen molar-refractivity contribution in [1.82, 2.24) is 0 Å². The van der Waals surface area contributed by atoms with Crippen molar-refractivity contribution in [2.45, 2.75) is 39.5 Å². The Morgan fingerprint density at radius 3 is 2.70 bits per heavy atom. The van der Waals surface area contributed by atoms with Gasteiger partial charge in [0.1, 0.15) is 10.8 Å². The van der Waals surface area contributed by atoms with Crippen molar-refractivity contribution in [3.63, 3.8) is 0 Å². The molecule has 2 rings (SSSR count). The van der Waals surface area contributed by atoms with E-state index in [2.05, 4.69) is 5.32 Å². The van der Waals surface area contributed by atoms with Gasteiger partial charge in [-0.05, 0) is 38.7 Å². The predicted octanol–water partition coefficient (Wildman–Crippen LogP) is 2.33. The van der Waals surface area contributed by atoms with Crippen LogP contribution in [0.1, 0.15) is 47.5 Å². The Bertz CT molecular complexity index is 562. The van der Waals surface area contributed by atoms with Crippen LogP contribution in [0.15, 0.2) is 0 Å². The van der Waals surface area contributed by atoms with E-state index in [4.69, 9.17) is 4.74 Å². The second kappa shape index (κ2) is 6.17. The van der Waals surface area contributed by atoms with Gasteiger partial charge in [0, 0.05) is 4.88 Å². The molecule has 0 spiro atoms. The monoisotopic (exact) mass is 295 g/mol. The molecule has 0 bridgehead atoms. The van der Waals surface area contributed by atoms with Crippen LogP contribution in [0, 0.1) is 0 Å². The van der Waals surface area contributed by atoms with E-state index >= 15 is 0 Å². The van der Waals surface area contributed by atoms with Gasteiger partial charge in [-0.1, -0.05) is 0 Å². The molecule has 0 saturated carbocycles. The number of anilines is 1. The van der Waals surface area contributed by atoms with E-state index in [1.54, 1.807) is 6.92 Å². The van der Waals surface area contributed by atoms with E-state index in [-0.39, 0.29) is 18.1 Å². The smallest absolute Gasteiger partial charge is 0.341 e. The quantitative estimate of drug-likeness (QED) is 0.668. The van der Waals surface area contributed by atoms with Crippen LogP contribution in [0.2, 0.25) is 0 Å². The summed E-state index contributed by atoms with van der Waals surface area (Å²) in [5, 5.41) is 3.18. The number of carbonyl (C=O) groups excluding carboxylic acids is 3. The van der Waals surface area contributed by atoms with Gasteiger partial charge >= 0.3 is 5.97 Å². The average Bonchev–Trinajstić information content (AvgIpc) is 2.87. The summed E-state index contributed by atoms with van der Waals surface area (Å²) in [6.45, 7) is 3.41. The van der Waals surface area contributed by atoms with E-state index < -0.39 is 5.97 Å². The summed E-state index contributed by atoms with van der Waals surface area (Å²) in [6, 6.07) is 0. The largest absolute Gasteiger partial charge is 0.462 e. The minimum Gasteiger partial charge on any atom is -0.462 e. The van der Waals surface area contributed by atoms with E-state index in [1.807, 2.05) is 0 Å². The van der Waals surface area contributed by atoms with Gasteiger partial charge in [0.25, 0.3) is 0 Å². The van der Waals surface area contributed by atoms with Crippen LogP contribution in [-0.4, -0.2) is 24.3 Å². The first-order valence-corrected chi connectivity index (χ1v) is 7.45. The van der Waals surface area contributed by atoms with Crippen molar-refractivity contribution in [2.24, 2.45) is 0 Å². The Morgan fingerprint density at radius 1 is 1.30 bits per heavy atom. The molecule has 5 nitrogen and oxygen atoms in total. The molecule has 0 radical (unpaired) electrons. The number of aryl methyl sites for hydroxylation is 1. The molecule has 1 aliphatic rings. The highest BCUT2D eigenvalue weighted by atomic mass is 32.1. The van der Waals surface area contributed by atoms with E-state index in [0.29, 0.717) is 17.2 Å². The molecular formula is C14H17NO4S. The number of thiophene rings is 1. The van der Waals surface area contributed by atoms with Gasteiger partial charge in [-0.2, -0.15) is 0 Å². The maximum Gasteiger partial charge on any atom is 0.341 e. The number of fused-ring (bicyclic) bond motifs is 1. The fourth-order valence-electron chi connectivity index (χ4n) is 2.31. The summed E-state index contributed by atoms with van der Waals surface area (Å²) < 4.78 is 5.06. The first-order valence-electron chi connectivity index (χ1n) is 6.63. The summed E-state index contributed by atoms with van der Waals surface area (Å²) in [4.78, 5) is 35.8. The molecule has 1 amide bonds. The van der Waals surface area contributed by atoms with Gasteiger partial charge in [0.2, 0.25) is 5.91 Å². The number of carbonyl (C=O) groups is 3. The fourth-order valence-corrected chi connectivity index (χ4v) is 3.60. The van der Waals surface area contributed by atoms with Crippen molar-refractivity contribution in [1.29, 1.82) is 0 Å². The van der Waals surface area contributed by atoms with E-state index in [9.17, 15) is 14.4 Å². The lowest BCUT2D eigenvalue weighted by Gasteiger charge is -2.07. The molecule has 0 unspecified atom stereocenters. The molecule has 1 aromatic heterocycles. The third kappa shape index (κ3) is 3.07. The van der Waals surface area contributed by atoms with E-state index in [1.165, 1.54) is 18.3 Å². The molecule has 20 heavy (non-hydrogen) atoms. The molecule has 0 saturated heterocycles. The summed E-state index contributed by atoms with van der Waals surface area (Å²) >= 11 is 1.41. The van der Waals surface area contributed by atoms with Gasteiger partial charge in [0.05, 0.1) is 18.6 Å². The van der Waals surface area contributed by atoms with Crippen molar-refractivity contribution >= 4 is 34.0 Å². The maximum atomic E-state index is 12.1. The number of esters is 1. The van der Waals surface area contributed by atoms with Gasteiger partial charge in [0.15, 0.2) is 0 Å². The third-order valence-corrected chi connectivity index (χ3v) is 4.27. The minimum absolute atomic E-state index is 0.176. The second-order valence-electron chi connectivity index (χ2n) is 4.71. The number of amides is 1. The molecule has 6 heteroatoms. The lowest BCUT2D eigenvalue weighted by molar-refractivity contribution is -0.124. The van der Waals surface area contributed by atoms with Gasteiger partial charge in [-0.25, -0.2) is 4.79 Å². The molecule has 0 fully saturated rings. The van der Waals surface area contributed by atoms with Gasteiger partial charge < -0.3 is 10.1 Å². The van der Waals surface area contributed by atoms with Crippen molar-refractivity contribution in [2.75, 3.05) is 11.9 Å². The summed E-state index contributed by atoms with van der Waals surface area (Å²) in [5.41, 5.74) is 1.47. The Hall–Kier alpha value is -1.69. The number of nitrogens with one attached hydrogen (secondary N) is 1. The average molecular weight is 295 g/mol. The topological polar surface area (TPSA) is 72.5 Å². The number of hydrogen-bond donors (Lipinski definition) is 1. The van der Waals surface area contributed by atoms with Crippen LogP contribution in [-0.2, 0) is 27.2 Å². The second-order valence-corrected chi connectivity index (χ2v) is 5.81. The molecule has 1 N–H and O–H groups in total. The van der Waals surface area contributed by atoms with Crippen LogP contribution in [0.3, 0.4) is 0 Å². The molecule has 1 aromatic rings. The minimum atomic E-state index is -0.398. The first-order chi connectivity index (χ1) is 9.52. The van der Waals surface area contributed by atoms with E-state index in [0.717, 1.165) is 29.7 Å². The van der Waals surface area contributed by atoms with Gasteiger partial charge in [-0.15, -0.1) is 11.3 Å². The Balaban J connectivity index is 2.26. The zero-order valence-corrected chi connectivity index (χ0v) is 12.4. The highest BCUT2D eigenvalue weighted by molar-refractivity contribution is 7.17. The summed E-state index contributed by atoms with van der Waals surface area (Å²) in [7, 11) is 0. The van der Waals surface area contributed by atoms with Crippen LogP contribution in [0.25, 0.3) is 0 Å². The molecular weight excluding hydrogens is 278 g/mol. The molecule has 0 atom stereocenters. The number of ether oxygens (including phenoxy) is 1. The maximum absolute atomic E-state index is 12.1. The Kier molecular flexibility index (Phi) is 4.54. The number of hydrogen-bond acceptors (Lipinski definition) is 5. The molecule has 1 aliphatic carbocycles.